The van der Waals surface area contributed by atoms with Gasteiger partial charge in [-0.2, -0.15) is 0 Å². The molecule has 22 heavy (non-hydrogen) atoms. The van der Waals surface area contributed by atoms with Crippen molar-refractivity contribution in [2.45, 2.75) is 13.0 Å². The Balaban J connectivity index is 1.95. The Kier molecular flexibility index (Phi) is 3.05. The summed E-state index contributed by atoms with van der Waals surface area (Å²) < 4.78 is 26.7. The second-order valence-corrected chi connectivity index (χ2v) is 6.27. The Morgan fingerprint density at radius 2 is 1.95 bits per heavy atom. The zero-order valence-electron chi connectivity index (χ0n) is 11.4. The van der Waals surface area contributed by atoms with E-state index in [1.165, 1.54) is 11.3 Å². The molecule has 0 radical (unpaired) electrons. The van der Waals surface area contributed by atoms with Gasteiger partial charge in [-0.05, 0) is 30.7 Å². The molecule has 7 heteroatoms. The monoisotopic (exact) mass is 319 g/mol. The highest BCUT2D eigenvalue weighted by Crippen LogP contribution is 2.31. The number of benzene rings is 1. The van der Waals surface area contributed by atoms with Crippen LogP contribution in [0.3, 0.4) is 0 Å². The van der Waals surface area contributed by atoms with Crippen molar-refractivity contribution in [2.75, 3.05) is 6.54 Å². The van der Waals surface area contributed by atoms with Crippen LogP contribution in [-0.4, -0.2) is 16.5 Å². The fourth-order valence-electron chi connectivity index (χ4n) is 2.76. The molecule has 4 nitrogen and oxygen atoms in total. The van der Waals surface area contributed by atoms with Gasteiger partial charge >= 0.3 is 0 Å². The number of thiophene rings is 1. The van der Waals surface area contributed by atoms with Crippen molar-refractivity contribution in [1.82, 2.24) is 15.3 Å². The van der Waals surface area contributed by atoms with Crippen LogP contribution in [0.1, 0.15) is 10.4 Å². The minimum Gasteiger partial charge on any atom is -0.312 e. The third-order valence-electron chi connectivity index (χ3n) is 3.72. The molecule has 1 aliphatic heterocycles. The Morgan fingerprint density at radius 3 is 2.73 bits per heavy atom. The number of halogens is 2. The maximum Gasteiger partial charge on any atom is 0.260 e. The summed E-state index contributed by atoms with van der Waals surface area (Å²) in [4.78, 5) is 21.1. The summed E-state index contributed by atoms with van der Waals surface area (Å²) in [7, 11) is 0. The van der Waals surface area contributed by atoms with Crippen molar-refractivity contribution >= 4 is 21.6 Å². The number of nitrogens with one attached hydrogen (secondary N) is 2. The number of rotatable bonds is 1. The molecule has 0 unspecified atom stereocenters. The molecule has 0 spiro atoms. The highest BCUT2D eigenvalue weighted by atomic mass is 32.1. The quantitative estimate of drug-likeness (QED) is 0.725. The van der Waals surface area contributed by atoms with E-state index in [-0.39, 0.29) is 16.9 Å². The minimum atomic E-state index is -0.701. The Morgan fingerprint density at radius 1 is 1.18 bits per heavy atom. The summed E-state index contributed by atoms with van der Waals surface area (Å²) in [6.07, 6.45) is 0.786. The molecule has 0 bridgehead atoms. The summed E-state index contributed by atoms with van der Waals surface area (Å²) in [5.41, 5.74) is 0.995. The first-order valence-corrected chi connectivity index (χ1v) is 7.65. The molecule has 3 heterocycles. The average Bonchev–Trinajstić information content (AvgIpc) is 2.84. The maximum atomic E-state index is 13.3. The Hall–Kier alpha value is -2.12. The smallest absolute Gasteiger partial charge is 0.260 e. The van der Waals surface area contributed by atoms with Crippen LogP contribution in [0.15, 0.2) is 23.0 Å². The van der Waals surface area contributed by atoms with Gasteiger partial charge in [0.15, 0.2) is 0 Å². The summed E-state index contributed by atoms with van der Waals surface area (Å²) >= 11 is 1.45. The normalized spacial score (nSPS) is 14.3. The van der Waals surface area contributed by atoms with Crippen molar-refractivity contribution in [1.29, 1.82) is 0 Å². The highest BCUT2D eigenvalue weighted by Gasteiger charge is 2.20. The van der Waals surface area contributed by atoms with Gasteiger partial charge in [-0.1, -0.05) is 0 Å². The predicted octanol–water partition coefficient (Wildman–Crippen LogP) is 2.58. The molecule has 4 rings (SSSR count). The van der Waals surface area contributed by atoms with Gasteiger partial charge in [0.05, 0.1) is 5.39 Å². The summed E-state index contributed by atoms with van der Waals surface area (Å²) in [5, 5.41) is 3.85. The van der Waals surface area contributed by atoms with Gasteiger partial charge in [-0.15, -0.1) is 11.3 Å². The van der Waals surface area contributed by atoms with Crippen LogP contribution in [0, 0.1) is 11.6 Å². The van der Waals surface area contributed by atoms with E-state index in [1.807, 2.05) is 0 Å². The lowest BCUT2D eigenvalue weighted by Crippen LogP contribution is -2.23. The van der Waals surface area contributed by atoms with E-state index in [2.05, 4.69) is 15.3 Å². The van der Waals surface area contributed by atoms with Gasteiger partial charge in [0.25, 0.3) is 5.56 Å². The number of hydrogen-bond acceptors (Lipinski definition) is 4. The molecule has 2 N–H and O–H groups in total. The van der Waals surface area contributed by atoms with Crippen molar-refractivity contribution in [2.24, 2.45) is 0 Å². The second-order valence-electron chi connectivity index (χ2n) is 5.18. The molecular weight excluding hydrogens is 308 g/mol. The van der Waals surface area contributed by atoms with E-state index in [4.69, 9.17) is 0 Å². The fraction of sp³-hybridized carbons (Fsp3) is 0.200. The average molecular weight is 319 g/mol. The van der Waals surface area contributed by atoms with Crippen LogP contribution < -0.4 is 10.9 Å². The third kappa shape index (κ3) is 2.13. The molecule has 3 aromatic rings. The molecule has 1 aliphatic rings. The van der Waals surface area contributed by atoms with Gasteiger partial charge in [-0.3, -0.25) is 4.79 Å². The van der Waals surface area contributed by atoms with Crippen molar-refractivity contribution in [3.05, 3.63) is 50.6 Å². The molecular formula is C15H11F2N3OS. The van der Waals surface area contributed by atoms with Crippen molar-refractivity contribution in [3.63, 3.8) is 0 Å². The standard InChI is InChI=1S/C15H11F2N3OS/c16-8-3-7(4-9(17)5-8)13-19-14(21)12-10-1-2-18-6-11(10)22-15(12)20-13/h3-5,18H,1-2,6H2,(H,19,20,21). The molecule has 0 saturated carbocycles. The Bertz CT molecular complexity index is 928. The van der Waals surface area contributed by atoms with Crippen LogP contribution in [0.4, 0.5) is 8.78 Å². The summed E-state index contributed by atoms with van der Waals surface area (Å²) in [6.45, 7) is 1.55. The molecule has 0 fully saturated rings. The third-order valence-corrected chi connectivity index (χ3v) is 4.84. The lowest BCUT2D eigenvalue weighted by Gasteiger charge is -2.11. The number of hydrogen-bond donors (Lipinski definition) is 2. The topological polar surface area (TPSA) is 57.8 Å². The maximum absolute atomic E-state index is 13.3. The van der Waals surface area contributed by atoms with Gasteiger partial charge in [0.2, 0.25) is 0 Å². The van der Waals surface area contributed by atoms with Crippen LogP contribution in [0.25, 0.3) is 21.6 Å². The van der Waals surface area contributed by atoms with E-state index in [0.717, 1.165) is 48.2 Å². The number of fused-ring (bicyclic) bond motifs is 3. The highest BCUT2D eigenvalue weighted by molar-refractivity contribution is 7.18. The number of aromatic nitrogens is 2. The molecule has 0 atom stereocenters. The van der Waals surface area contributed by atoms with Gasteiger partial charge in [0.1, 0.15) is 22.3 Å². The summed E-state index contributed by atoms with van der Waals surface area (Å²) in [5.74, 6) is -1.22. The van der Waals surface area contributed by atoms with E-state index >= 15 is 0 Å². The van der Waals surface area contributed by atoms with Crippen LogP contribution in [0.5, 0.6) is 0 Å². The largest absolute Gasteiger partial charge is 0.312 e. The van der Waals surface area contributed by atoms with E-state index < -0.39 is 11.6 Å². The lowest BCUT2D eigenvalue weighted by molar-refractivity contribution is 0.584. The molecule has 0 aliphatic carbocycles. The first-order chi connectivity index (χ1) is 10.6. The van der Waals surface area contributed by atoms with Crippen molar-refractivity contribution in [3.8, 4) is 11.4 Å². The van der Waals surface area contributed by atoms with Crippen LogP contribution >= 0.6 is 11.3 Å². The molecule has 2 aromatic heterocycles. The van der Waals surface area contributed by atoms with E-state index in [9.17, 15) is 13.6 Å². The van der Waals surface area contributed by atoms with Crippen LogP contribution in [-0.2, 0) is 13.0 Å². The zero-order valence-corrected chi connectivity index (χ0v) is 12.2. The van der Waals surface area contributed by atoms with E-state index in [0.29, 0.717) is 10.2 Å². The number of aromatic amines is 1. The van der Waals surface area contributed by atoms with Crippen LogP contribution in [0.2, 0.25) is 0 Å². The van der Waals surface area contributed by atoms with Crippen molar-refractivity contribution < 1.29 is 8.78 Å². The summed E-state index contributed by atoms with van der Waals surface area (Å²) in [6, 6.07) is 3.10. The molecule has 1 aromatic carbocycles. The second kappa shape index (κ2) is 4.96. The van der Waals surface area contributed by atoms with Gasteiger partial charge in [-0.25, -0.2) is 13.8 Å². The number of nitrogens with zero attached hydrogens (tertiary/aromatic N) is 1. The van der Waals surface area contributed by atoms with E-state index in [1.54, 1.807) is 0 Å². The lowest BCUT2D eigenvalue weighted by atomic mass is 10.1. The van der Waals surface area contributed by atoms with Gasteiger partial charge < -0.3 is 10.3 Å². The number of H-pyrrole nitrogens is 1. The molecule has 0 saturated heterocycles. The predicted molar refractivity (Wildman–Crippen MR) is 81.0 cm³/mol. The fourth-order valence-corrected chi connectivity index (χ4v) is 3.95. The first-order valence-electron chi connectivity index (χ1n) is 6.83. The SMILES string of the molecule is O=c1[nH]c(-c2cc(F)cc(F)c2)nc2sc3c(c12)CCNC3. The Labute approximate surface area is 127 Å². The molecule has 0 amide bonds. The first kappa shape index (κ1) is 13.5. The zero-order chi connectivity index (χ0) is 15.3. The van der Waals surface area contributed by atoms with Gasteiger partial charge in [0, 0.05) is 23.1 Å². The molecule has 112 valence electrons. The minimum absolute atomic E-state index is 0.183.